The summed E-state index contributed by atoms with van der Waals surface area (Å²) in [5.41, 5.74) is 4.35. The molecule has 1 atom stereocenters. The number of fused-ring (bicyclic) bond motifs is 1. The number of anilines is 1. The van der Waals surface area contributed by atoms with Crippen LogP contribution in [-0.2, 0) is 4.79 Å². The fourth-order valence-corrected chi connectivity index (χ4v) is 4.53. The van der Waals surface area contributed by atoms with Gasteiger partial charge in [-0.3, -0.25) is 4.79 Å². The molecule has 0 fully saturated rings. The van der Waals surface area contributed by atoms with Gasteiger partial charge in [0.15, 0.2) is 0 Å². The number of thioether (sulfide) groups is 1. The molecule has 1 amide bonds. The van der Waals surface area contributed by atoms with E-state index in [2.05, 4.69) is 49.9 Å². The molecule has 0 radical (unpaired) electrons. The van der Waals surface area contributed by atoms with Crippen molar-refractivity contribution in [1.29, 1.82) is 0 Å². The van der Waals surface area contributed by atoms with Crippen LogP contribution in [0.5, 0.6) is 5.75 Å². The Balaban J connectivity index is 1.58. The van der Waals surface area contributed by atoms with Gasteiger partial charge in [0.05, 0.1) is 24.7 Å². The number of hydrogen-bond donors (Lipinski definition) is 1. The Bertz CT molecular complexity index is 1340. The van der Waals surface area contributed by atoms with Gasteiger partial charge in [0.2, 0.25) is 5.91 Å². The summed E-state index contributed by atoms with van der Waals surface area (Å²) in [5.74, 6) is 1.45. The molecule has 3 heterocycles. The molecule has 0 spiro atoms. The van der Waals surface area contributed by atoms with E-state index in [9.17, 15) is 4.79 Å². The molecule has 0 saturated heterocycles. The molecule has 33 heavy (non-hydrogen) atoms. The van der Waals surface area contributed by atoms with Gasteiger partial charge in [-0.2, -0.15) is 14.9 Å². The van der Waals surface area contributed by atoms with E-state index >= 15 is 0 Å². The van der Waals surface area contributed by atoms with E-state index < -0.39 is 0 Å². The zero-order valence-electron chi connectivity index (χ0n) is 18.4. The van der Waals surface area contributed by atoms with E-state index in [1.165, 1.54) is 4.90 Å². The van der Waals surface area contributed by atoms with Gasteiger partial charge in [0.25, 0.3) is 5.95 Å². The number of carbonyl (C=O) groups excluding carboxylic acids is 1. The molecule has 1 N–H and O–H groups in total. The van der Waals surface area contributed by atoms with E-state index in [4.69, 9.17) is 4.74 Å². The molecular formula is C24H22N6O2S. The zero-order valence-corrected chi connectivity index (χ0v) is 19.3. The van der Waals surface area contributed by atoms with E-state index in [-0.39, 0.29) is 11.8 Å². The first-order chi connectivity index (χ1) is 16.1. The Morgan fingerprint density at radius 2 is 2.00 bits per heavy atom. The number of rotatable bonds is 5. The van der Waals surface area contributed by atoms with Gasteiger partial charge in [0, 0.05) is 28.4 Å². The van der Waals surface area contributed by atoms with Crippen LogP contribution >= 0.6 is 11.8 Å². The molecule has 1 aliphatic rings. The monoisotopic (exact) mass is 458 g/mol. The first kappa shape index (κ1) is 21.1. The lowest BCUT2D eigenvalue weighted by atomic mass is 9.86. The number of methoxy groups -OCH3 is 1. The van der Waals surface area contributed by atoms with Crippen molar-refractivity contribution in [3.8, 4) is 23.0 Å². The van der Waals surface area contributed by atoms with Gasteiger partial charge in [0.1, 0.15) is 11.6 Å². The third kappa shape index (κ3) is 3.95. The fourth-order valence-electron chi connectivity index (χ4n) is 4.12. The minimum Gasteiger partial charge on any atom is -0.497 e. The van der Waals surface area contributed by atoms with E-state index in [1.807, 2.05) is 37.4 Å². The third-order valence-electron chi connectivity index (χ3n) is 5.72. The zero-order chi connectivity index (χ0) is 22.9. The van der Waals surface area contributed by atoms with Crippen molar-refractivity contribution in [2.45, 2.75) is 24.2 Å². The first-order valence-electron chi connectivity index (χ1n) is 10.4. The fraction of sp³-hybridized carbons (Fsp3) is 0.208. The van der Waals surface area contributed by atoms with Crippen LogP contribution in [0.3, 0.4) is 0 Å². The van der Waals surface area contributed by atoms with Crippen molar-refractivity contribution in [3.05, 3.63) is 71.5 Å². The second-order valence-corrected chi connectivity index (χ2v) is 8.59. The average Bonchev–Trinajstić information content (AvgIpc) is 3.19. The van der Waals surface area contributed by atoms with Gasteiger partial charge in [-0.05, 0) is 43.0 Å². The normalized spacial score (nSPS) is 15.1. The molecule has 1 aliphatic heterocycles. The second-order valence-electron chi connectivity index (χ2n) is 7.71. The number of ether oxygens (including phenoxy) is 1. The van der Waals surface area contributed by atoms with Crippen LogP contribution in [0.4, 0.5) is 5.82 Å². The highest BCUT2D eigenvalue weighted by Gasteiger charge is 2.33. The number of aryl methyl sites for hydroxylation is 1. The molecule has 8 nitrogen and oxygen atoms in total. The van der Waals surface area contributed by atoms with Crippen molar-refractivity contribution >= 4 is 23.5 Å². The highest BCUT2D eigenvalue weighted by atomic mass is 32.2. The van der Waals surface area contributed by atoms with E-state index in [0.29, 0.717) is 23.9 Å². The van der Waals surface area contributed by atoms with Crippen molar-refractivity contribution < 1.29 is 9.53 Å². The molecule has 166 valence electrons. The smallest absolute Gasteiger partial charge is 0.272 e. The summed E-state index contributed by atoms with van der Waals surface area (Å²) in [6.07, 6.45) is 4.00. The summed E-state index contributed by atoms with van der Waals surface area (Å²) in [7, 11) is 1.62. The van der Waals surface area contributed by atoms with Crippen molar-refractivity contribution in [3.63, 3.8) is 0 Å². The van der Waals surface area contributed by atoms with Crippen molar-refractivity contribution in [2.24, 2.45) is 0 Å². The van der Waals surface area contributed by atoms with Crippen LogP contribution in [0, 0.1) is 6.92 Å². The molecule has 0 unspecified atom stereocenters. The van der Waals surface area contributed by atoms with Crippen LogP contribution in [0.15, 0.2) is 59.6 Å². The standard InChI is InChI=1S/C24H22N6O2S/c1-14-22-19(15-7-9-18(33-3)10-8-15)12-21(31)27-23(22)30(29-14)24-26-20(13-25-28-24)16-5-4-6-17(11-16)32-2/h4-11,13,19H,12H2,1-3H3,(H,27,31)/t19-/m1/s1. The van der Waals surface area contributed by atoms with Crippen LogP contribution in [-0.4, -0.2) is 44.2 Å². The van der Waals surface area contributed by atoms with Crippen LogP contribution in [0.25, 0.3) is 17.2 Å². The maximum absolute atomic E-state index is 12.7. The van der Waals surface area contributed by atoms with E-state index in [0.717, 1.165) is 28.1 Å². The highest BCUT2D eigenvalue weighted by molar-refractivity contribution is 7.98. The predicted octanol–water partition coefficient (Wildman–Crippen LogP) is 4.24. The molecule has 4 aromatic rings. The predicted molar refractivity (Wildman–Crippen MR) is 127 cm³/mol. The SMILES string of the molecule is COc1cccc(-c2cnnc(-n3nc(C)c4c3NC(=O)C[C@@H]4c3ccc(SC)cc3)n2)c1. The number of nitrogens with one attached hydrogen (secondary N) is 1. The lowest BCUT2D eigenvalue weighted by Gasteiger charge is -2.24. The van der Waals surface area contributed by atoms with Gasteiger partial charge >= 0.3 is 0 Å². The van der Waals surface area contributed by atoms with Crippen molar-refractivity contribution in [1.82, 2.24) is 25.0 Å². The number of aromatic nitrogens is 5. The molecule has 0 bridgehead atoms. The van der Waals surface area contributed by atoms with Gasteiger partial charge < -0.3 is 10.1 Å². The summed E-state index contributed by atoms with van der Waals surface area (Å²) >= 11 is 1.69. The molecule has 9 heteroatoms. The van der Waals surface area contributed by atoms with E-state index in [1.54, 1.807) is 29.8 Å². The second kappa shape index (κ2) is 8.67. The maximum Gasteiger partial charge on any atom is 0.272 e. The maximum atomic E-state index is 12.7. The lowest BCUT2D eigenvalue weighted by molar-refractivity contribution is -0.116. The summed E-state index contributed by atoms with van der Waals surface area (Å²) < 4.78 is 6.89. The number of carbonyl (C=O) groups is 1. The Hall–Kier alpha value is -3.72. The third-order valence-corrected chi connectivity index (χ3v) is 6.47. The molecule has 5 rings (SSSR count). The summed E-state index contributed by atoms with van der Waals surface area (Å²) in [6.45, 7) is 1.94. The summed E-state index contributed by atoms with van der Waals surface area (Å²) in [4.78, 5) is 18.5. The number of amides is 1. The van der Waals surface area contributed by atoms with Gasteiger partial charge in [-0.1, -0.05) is 24.3 Å². The number of nitrogens with zero attached hydrogens (tertiary/aromatic N) is 5. The minimum atomic E-state index is -0.0899. The Labute approximate surface area is 195 Å². The van der Waals surface area contributed by atoms with Crippen LogP contribution in [0.2, 0.25) is 0 Å². The van der Waals surface area contributed by atoms with Crippen LogP contribution < -0.4 is 10.1 Å². The lowest BCUT2D eigenvalue weighted by Crippen LogP contribution is -2.25. The first-order valence-corrected chi connectivity index (χ1v) is 11.7. The molecule has 0 saturated carbocycles. The quantitative estimate of drug-likeness (QED) is 0.447. The highest BCUT2D eigenvalue weighted by Crippen LogP contribution is 2.40. The summed E-state index contributed by atoms with van der Waals surface area (Å²) in [6, 6.07) is 15.9. The van der Waals surface area contributed by atoms with Crippen molar-refractivity contribution in [2.75, 3.05) is 18.7 Å². The minimum absolute atomic E-state index is 0.0699. The average molecular weight is 459 g/mol. The Morgan fingerprint density at radius 3 is 2.76 bits per heavy atom. The van der Waals surface area contributed by atoms with Crippen LogP contribution in [0.1, 0.15) is 29.2 Å². The molecule has 2 aromatic heterocycles. The molecule has 0 aliphatic carbocycles. The number of benzene rings is 2. The Kier molecular flexibility index (Phi) is 5.55. The van der Waals surface area contributed by atoms with Gasteiger partial charge in [-0.15, -0.1) is 16.9 Å². The Morgan fingerprint density at radius 1 is 1.18 bits per heavy atom. The van der Waals surface area contributed by atoms with Gasteiger partial charge in [-0.25, -0.2) is 4.98 Å². The number of hydrogen-bond acceptors (Lipinski definition) is 7. The topological polar surface area (TPSA) is 94.8 Å². The molecule has 2 aromatic carbocycles. The molecular weight excluding hydrogens is 436 g/mol. The summed E-state index contributed by atoms with van der Waals surface area (Å²) in [5, 5.41) is 16.0. The largest absolute Gasteiger partial charge is 0.497 e.